The maximum atomic E-state index is 9.09. The van der Waals surface area contributed by atoms with Crippen LogP contribution >= 0.6 is 0 Å². The van der Waals surface area contributed by atoms with E-state index in [1.165, 1.54) is 5.70 Å². The van der Waals surface area contributed by atoms with Crippen LogP contribution in [0.3, 0.4) is 0 Å². The fourth-order valence-corrected chi connectivity index (χ4v) is 3.05. The fourth-order valence-electron chi connectivity index (χ4n) is 3.05. The molecule has 0 N–H and O–H groups in total. The lowest BCUT2D eigenvalue weighted by Crippen LogP contribution is -2.22. The smallest absolute Gasteiger partial charge is 0.316 e. The highest BCUT2D eigenvalue weighted by Crippen LogP contribution is 2.26. The van der Waals surface area contributed by atoms with Crippen molar-refractivity contribution in [2.75, 3.05) is 13.1 Å². The zero-order valence-corrected chi connectivity index (χ0v) is 15.1. The molecule has 3 unspecified atom stereocenters. The van der Waals surface area contributed by atoms with Crippen LogP contribution in [0, 0.1) is 29.7 Å². The normalized spacial score (nSPS) is 23.6. The third kappa shape index (κ3) is 4.88. The predicted molar refractivity (Wildman–Crippen MR) is 99.8 cm³/mol. The minimum Gasteiger partial charge on any atom is -0.463 e. The molecule has 0 radical (unpaired) electrons. The Morgan fingerprint density at radius 3 is 2.76 bits per heavy atom. The van der Waals surface area contributed by atoms with Gasteiger partial charge in [-0.15, -0.1) is 0 Å². The van der Waals surface area contributed by atoms with Gasteiger partial charge in [0.2, 0.25) is 0 Å². The maximum absolute atomic E-state index is 9.09. The van der Waals surface area contributed by atoms with Crippen LogP contribution in [-0.2, 0) is 4.74 Å². The number of ether oxygens (including phenoxy) is 1. The molecule has 2 rings (SSSR count). The maximum Gasteiger partial charge on any atom is 0.316 e. The van der Waals surface area contributed by atoms with Crippen LogP contribution in [0.1, 0.15) is 27.2 Å². The Kier molecular flexibility index (Phi) is 6.66. The van der Waals surface area contributed by atoms with Gasteiger partial charge in [-0.05, 0) is 57.4 Å². The number of likely N-dealkylation sites (N-methyl/N-ethyl adjacent to an activating group) is 1. The van der Waals surface area contributed by atoms with Crippen LogP contribution in [0.2, 0.25) is 0 Å². The van der Waals surface area contributed by atoms with Crippen molar-refractivity contribution in [3.05, 3.63) is 71.2 Å². The molecule has 0 saturated heterocycles. The molecule has 1 aliphatic heterocycles. The van der Waals surface area contributed by atoms with Crippen molar-refractivity contribution in [2.45, 2.75) is 33.2 Å². The first-order valence-electron chi connectivity index (χ1n) is 8.77. The van der Waals surface area contributed by atoms with Crippen LogP contribution in [0.25, 0.3) is 4.85 Å². The van der Waals surface area contributed by atoms with Crippen LogP contribution in [0.5, 0.6) is 0 Å². The van der Waals surface area contributed by atoms with Gasteiger partial charge in [0.1, 0.15) is 5.76 Å². The van der Waals surface area contributed by atoms with Crippen molar-refractivity contribution < 1.29 is 4.74 Å². The minimum absolute atomic E-state index is 0.216. The molecule has 1 aliphatic carbocycles. The molecule has 0 bridgehead atoms. The summed E-state index contributed by atoms with van der Waals surface area (Å²) in [5.41, 5.74) is 1.29. The van der Waals surface area contributed by atoms with Crippen LogP contribution < -0.4 is 0 Å². The number of allylic oxidation sites excluding steroid dienone is 6. The summed E-state index contributed by atoms with van der Waals surface area (Å²) >= 11 is 0. The Morgan fingerprint density at radius 1 is 1.44 bits per heavy atom. The highest BCUT2D eigenvalue weighted by molar-refractivity contribution is 5.30. The van der Waals surface area contributed by atoms with Crippen molar-refractivity contribution in [3.63, 3.8) is 0 Å². The van der Waals surface area contributed by atoms with Gasteiger partial charge < -0.3 is 9.64 Å². The summed E-state index contributed by atoms with van der Waals surface area (Å²) in [6.07, 6.45) is 15.4. The SMILES string of the molecule is [C-]#[N+]C(C#N)C1C=C(C)OC(/C=C/C2C=CC(N(CC)CC)=CC2)=C1. The molecule has 0 saturated carbocycles. The molecule has 0 aromatic heterocycles. The second-order valence-electron chi connectivity index (χ2n) is 6.15. The van der Waals surface area contributed by atoms with Crippen molar-refractivity contribution in [1.82, 2.24) is 4.90 Å². The highest BCUT2D eigenvalue weighted by Gasteiger charge is 2.26. The number of rotatable bonds is 6. The minimum atomic E-state index is -0.698. The molecular weight excluding hydrogens is 310 g/mol. The van der Waals surface area contributed by atoms with Crippen molar-refractivity contribution >= 4 is 0 Å². The predicted octanol–water partition coefficient (Wildman–Crippen LogP) is 4.59. The van der Waals surface area contributed by atoms with E-state index in [0.29, 0.717) is 11.7 Å². The van der Waals surface area contributed by atoms with Crippen LogP contribution in [0.15, 0.2) is 59.7 Å². The molecule has 25 heavy (non-hydrogen) atoms. The summed E-state index contributed by atoms with van der Waals surface area (Å²) in [7, 11) is 0. The van der Waals surface area contributed by atoms with Crippen LogP contribution in [0.4, 0.5) is 0 Å². The first-order chi connectivity index (χ1) is 12.1. The lowest BCUT2D eigenvalue weighted by atomic mass is 9.96. The zero-order valence-electron chi connectivity index (χ0n) is 15.1. The van der Waals surface area contributed by atoms with E-state index in [0.717, 1.165) is 25.3 Å². The summed E-state index contributed by atoms with van der Waals surface area (Å²) in [5.74, 6) is 1.56. The molecular formula is C21H25N3O. The second-order valence-corrected chi connectivity index (χ2v) is 6.15. The molecule has 130 valence electrons. The monoisotopic (exact) mass is 335 g/mol. The summed E-state index contributed by atoms with van der Waals surface area (Å²) in [4.78, 5) is 5.73. The molecule has 0 aromatic carbocycles. The van der Waals surface area contributed by atoms with Gasteiger partial charge >= 0.3 is 6.04 Å². The molecule has 0 aromatic rings. The van der Waals surface area contributed by atoms with Crippen molar-refractivity contribution in [2.24, 2.45) is 11.8 Å². The van der Waals surface area contributed by atoms with Gasteiger partial charge in [0.25, 0.3) is 0 Å². The Morgan fingerprint density at radius 2 is 2.20 bits per heavy atom. The topological polar surface area (TPSA) is 40.6 Å². The lowest BCUT2D eigenvalue weighted by molar-refractivity contribution is 0.304. The second kappa shape index (κ2) is 8.94. The Balaban J connectivity index is 2.02. The van der Waals surface area contributed by atoms with Gasteiger partial charge in [-0.25, -0.2) is 6.57 Å². The summed E-state index contributed by atoms with van der Waals surface area (Å²) in [6.45, 7) is 15.4. The highest BCUT2D eigenvalue weighted by atomic mass is 16.5. The average molecular weight is 335 g/mol. The van der Waals surface area contributed by atoms with Gasteiger partial charge in [0.05, 0.1) is 11.7 Å². The molecule has 4 heteroatoms. The average Bonchev–Trinajstić information content (AvgIpc) is 2.63. The van der Waals surface area contributed by atoms with E-state index in [2.05, 4.69) is 47.9 Å². The van der Waals surface area contributed by atoms with Gasteiger partial charge in [-0.3, -0.25) is 4.85 Å². The van der Waals surface area contributed by atoms with Crippen LogP contribution in [-0.4, -0.2) is 24.0 Å². The van der Waals surface area contributed by atoms with Crippen molar-refractivity contribution in [1.29, 1.82) is 5.26 Å². The Hall–Kier alpha value is -2.72. The summed E-state index contributed by atoms with van der Waals surface area (Å²) in [5, 5.41) is 9.09. The summed E-state index contributed by atoms with van der Waals surface area (Å²) < 4.78 is 5.72. The third-order valence-corrected chi connectivity index (χ3v) is 4.45. The van der Waals surface area contributed by atoms with E-state index in [1.54, 1.807) is 0 Å². The first kappa shape index (κ1) is 18.6. The Bertz CT molecular complexity index is 694. The zero-order chi connectivity index (χ0) is 18.2. The molecule has 0 spiro atoms. The first-order valence-corrected chi connectivity index (χ1v) is 8.77. The number of nitrogens with zero attached hydrogens (tertiary/aromatic N) is 3. The van der Waals surface area contributed by atoms with Gasteiger partial charge in [0.15, 0.2) is 6.07 Å². The van der Waals surface area contributed by atoms with E-state index in [9.17, 15) is 0 Å². The van der Waals surface area contributed by atoms with Gasteiger partial charge in [-0.2, -0.15) is 5.26 Å². The quantitative estimate of drug-likeness (QED) is 0.667. The molecule has 1 heterocycles. The number of nitriles is 1. The summed E-state index contributed by atoms with van der Waals surface area (Å²) in [6, 6.07) is 1.35. The van der Waals surface area contributed by atoms with E-state index in [1.807, 2.05) is 31.2 Å². The van der Waals surface area contributed by atoms with Crippen molar-refractivity contribution in [3.8, 4) is 6.07 Å². The van der Waals surface area contributed by atoms with Gasteiger partial charge in [0, 0.05) is 18.8 Å². The Labute approximate surface area is 150 Å². The third-order valence-electron chi connectivity index (χ3n) is 4.45. The van der Waals surface area contributed by atoms with E-state index in [-0.39, 0.29) is 5.92 Å². The number of hydrogen-bond donors (Lipinski definition) is 0. The fraction of sp³-hybridized carbons (Fsp3) is 0.429. The number of hydrogen-bond acceptors (Lipinski definition) is 3. The largest absolute Gasteiger partial charge is 0.463 e. The molecule has 4 nitrogen and oxygen atoms in total. The van der Waals surface area contributed by atoms with Gasteiger partial charge in [-0.1, -0.05) is 18.2 Å². The molecule has 0 fully saturated rings. The molecule has 3 atom stereocenters. The molecule has 2 aliphatic rings. The molecule has 0 amide bonds. The standard InChI is InChI=1S/C21H25N3O/c1-5-24(6-2)19-10-7-17(8-11-19)9-12-20-14-18(13-16(3)25-20)21(15-22)23-4/h7,9-14,17-18,21H,5-6,8H2,1-3H3/b12-9+. The van der Waals surface area contributed by atoms with E-state index >= 15 is 0 Å². The van der Waals surface area contributed by atoms with E-state index in [4.69, 9.17) is 16.6 Å². The van der Waals surface area contributed by atoms with E-state index < -0.39 is 6.04 Å². The lowest BCUT2D eigenvalue weighted by Gasteiger charge is -2.25.